The number of carbonyl (C=O) groups is 1. The number of likely N-dealkylation sites (tertiary alicyclic amines) is 1. The summed E-state index contributed by atoms with van der Waals surface area (Å²) in [5, 5.41) is 21.7. The van der Waals surface area contributed by atoms with Crippen molar-refractivity contribution in [3.63, 3.8) is 0 Å². The molecular weight excluding hydrogens is 420 g/mol. The van der Waals surface area contributed by atoms with Crippen LogP contribution in [0.25, 0.3) is 10.9 Å². The molecule has 1 saturated heterocycles. The minimum absolute atomic E-state index is 0.0601. The van der Waals surface area contributed by atoms with E-state index in [0.717, 1.165) is 54.6 Å². The number of aliphatic carboxylic acids is 1. The second-order valence-electron chi connectivity index (χ2n) is 8.91. The first-order chi connectivity index (χ1) is 16.0. The van der Waals surface area contributed by atoms with Crippen LogP contribution in [-0.2, 0) is 11.2 Å². The molecule has 33 heavy (non-hydrogen) atoms. The minimum atomic E-state index is -0.742. The number of aromatic nitrogens is 1. The van der Waals surface area contributed by atoms with Gasteiger partial charge in [0.25, 0.3) is 0 Å². The number of carboxylic acids is 1. The van der Waals surface area contributed by atoms with Gasteiger partial charge in [-0.05, 0) is 92.6 Å². The second-order valence-corrected chi connectivity index (χ2v) is 8.91. The van der Waals surface area contributed by atoms with E-state index in [9.17, 15) is 15.0 Å². The normalized spacial score (nSPS) is 20.1. The number of aryl methyl sites for hydroxylation is 1. The van der Waals surface area contributed by atoms with Gasteiger partial charge in [0, 0.05) is 18.1 Å². The standard InChI is InChI=1S/C26H32N2O5/c1-32-20-5-6-24-22(15-20)21(8-11-27-24)25(29)7-4-19-9-13-28(16-23(19)26(30)31)12-2-3-18-10-14-33-17-18/h5-6,8,10-11,14-15,17,19,23,25,29H,2-4,7,9,12-13,16H2,1H3,(H,30,31)/t19-,23+,25+/m1/s1. The Morgan fingerprint density at radius 1 is 1.33 bits per heavy atom. The van der Waals surface area contributed by atoms with Crippen LogP contribution < -0.4 is 4.74 Å². The fraction of sp³-hybridized carbons (Fsp3) is 0.462. The number of fused-ring (bicyclic) bond motifs is 1. The lowest BCUT2D eigenvalue weighted by molar-refractivity contribution is -0.146. The van der Waals surface area contributed by atoms with E-state index in [4.69, 9.17) is 9.15 Å². The number of furan rings is 1. The molecule has 1 aliphatic heterocycles. The predicted molar refractivity (Wildman–Crippen MR) is 125 cm³/mol. The maximum atomic E-state index is 12.0. The summed E-state index contributed by atoms with van der Waals surface area (Å²) in [5.41, 5.74) is 2.79. The molecule has 7 heteroatoms. The van der Waals surface area contributed by atoms with Gasteiger partial charge in [0.2, 0.25) is 0 Å². The highest BCUT2D eigenvalue weighted by Crippen LogP contribution is 2.33. The van der Waals surface area contributed by atoms with Gasteiger partial charge >= 0.3 is 5.97 Å². The first-order valence-electron chi connectivity index (χ1n) is 11.6. The summed E-state index contributed by atoms with van der Waals surface area (Å²) in [7, 11) is 1.61. The fourth-order valence-electron chi connectivity index (χ4n) is 4.93. The number of ether oxygens (including phenoxy) is 1. The fourth-order valence-corrected chi connectivity index (χ4v) is 4.93. The van der Waals surface area contributed by atoms with Gasteiger partial charge in [-0.15, -0.1) is 0 Å². The third kappa shape index (κ3) is 5.72. The number of carboxylic acid groups (broad SMARTS) is 1. The van der Waals surface area contributed by atoms with Gasteiger partial charge < -0.3 is 24.3 Å². The Labute approximate surface area is 194 Å². The average molecular weight is 453 g/mol. The predicted octanol–water partition coefficient (Wildman–Crippen LogP) is 4.31. The first-order valence-corrected chi connectivity index (χ1v) is 11.6. The summed E-state index contributed by atoms with van der Waals surface area (Å²) in [6.07, 6.45) is 8.42. The number of nitrogens with zero attached hydrogens (tertiary/aromatic N) is 2. The Kier molecular flexibility index (Phi) is 7.62. The Hall–Kier alpha value is -2.90. The number of aliphatic hydroxyl groups is 1. The number of piperidine rings is 1. The topological polar surface area (TPSA) is 96.0 Å². The van der Waals surface area contributed by atoms with Crippen molar-refractivity contribution < 1.29 is 24.2 Å². The van der Waals surface area contributed by atoms with Gasteiger partial charge in [-0.25, -0.2) is 0 Å². The summed E-state index contributed by atoms with van der Waals surface area (Å²) in [6.45, 7) is 2.34. The van der Waals surface area contributed by atoms with Gasteiger partial charge in [-0.2, -0.15) is 0 Å². The van der Waals surface area contributed by atoms with Crippen molar-refractivity contribution in [1.82, 2.24) is 9.88 Å². The molecule has 2 aromatic heterocycles. The summed E-state index contributed by atoms with van der Waals surface area (Å²) < 4.78 is 10.4. The van der Waals surface area contributed by atoms with Crippen molar-refractivity contribution in [3.05, 3.63) is 60.2 Å². The molecular formula is C26H32N2O5. The number of hydrogen-bond acceptors (Lipinski definition) is 6. The highest BCUT2D eigenvalue weighted by molar-refractivity contribution is 5.83. The van der Waals surface area contributed by atoms with Crippen LogP contribution in [0.5, 0.6) is 5.75 Å². The van der Waals surface area contributed by atoms with Crippen molar-refractivity contribution in [2.24, 2.45) is 11.8 Å². The Morgan fingerprint density at radius 3 is 2.97 bits per heavy atom. The molecule has 2 N–H and O–H groups in total. The molecule has 0 aliphatic carbocycles. The highest BCUT2D eigenvalue weighted by Gasteiger charge is 2.34. The zero-order valence-electron chi connectivity index (χ0n) is 19.0. The SMILES string of the molecule is COc1ccc2nccc([C@@H](O)CC[C@@H]3CCN(CCCc4ccoc4)C[C@@H]3C(=O)O)c2c1. The van der Waals surface area contributed by atoms with E-state index in [1.54, 1.807) is 25.8 Å². The molecule has 1 fully saturated rings. The zero-order valence-corrected chi connectivity index (χ0v) is 19.0. The largest absolute Gasteiger partial charge is 0.497 e. The van der Waals surface area contributed by atoms with Crippen molar-refractivity contribution in [1.29, 1.82) is 0 Å². The Balaban J connectivity index is 1.34. The lowest BCUT2D eigenvalue weighted by Crippen LogP contribution is -2.44. The van der Waals surface area contributed by atoms with Crippen molar-refractivity contribution >= 4 is 16.9 Å². The molecule has 3 aromatic rings. The van der Waals surface area contributed by atoms with Crippen LogP contribution in [0.2, 0.25) is 0 Å². The summed E-state index contributed by atoms with van der Waals surface area (Å²) >= 11 is 0. The van der Waals surface area contributed by atoms with Gasteiger partial charge in [0.05, 0.1) is 37.2 Å². The summed E-state index contributed by atoms with van der Waals surface area (Å²) in [5.74, 6) is -0.373. The van der Waals surface area contributed by atoms with Crippen LogP contribution in [-0.4, -0.2) is 52.8 Å². The van der Waals surface area contributed by atoms with Gasteiger partial charge in [-0.3, -0.25) is 9.78 Å². The maximum Gasteiger partial charge on any atom is 0.308 e. The summed E-state index contributed by atoms with van der Waals surface area (Å²) in [6, 6.07) is 9.44. The van der Waals surface area contributed by atoms with Crippen molar-refractivity contribution in [2.45, 2.75) is 38.2 Å². The molecule has 0 bridgehead atoms. The van der Waals surface area contributed by atoms with E-state index >= 15 is 0 Å². The molecule has 3 heterocycles. The van der Waals surface area contributed by atoms with Crippen LogP contribution in [0.15, 0.2) is 53.5 Å². The molecule has 1 aliphatic rings. The molecule has 1 aromatic carbocycles. The van der Waals surface area contributed by atoms with E-state index in [1.165, 1.54) is 5.56 Å². The number of methoxy groups -OCH3 is 1. The van der Waals surface area contributed by atoms with Crippen LogP contribution in [0.1, 0.15) is 42.9 Å². The molecule has 0 radical (unpaired) electrons. The quantitative estimate of drug-likeness (QED) is 0.473. The number of benzene rings is 1. The van der Waals surface area contributed by atoms with Gasteiger partial charge in [-0.1, -0.05) is 0 Å². The van der Waals surface area contributed by atoms with Crippen LogP contribution in [0.4, 0.5) is 0 Å². The lowest BCUT2D eigenvalue weighted by atomic mass is 9.81. The van der Waals surface area contributed by atoms with Gasteiger partial charge in [0.15, 0.2) is 0 Å². The van der Waals surface area contributed by atoms with Crippen LogP contribution >= 0.6 is 0 Å². The Morgan fingerprint density at radius 2 is 2.21 bits per heavy atom. The second kappa shape index (κ2) is 10.8. The molecule has 0 saturated carbocycles. The molecule has 4 rings (SSSR count). The smallest absolute Gasteiger partial charge is 0.308 e. The van der Waals surface area contributed by atoms with E-state index in [2.05, 4.69) is 9.88 Å². The minimum Gasteiger partial charge on any atom is -0.497 e. The van der Waals surface area contributed by atoms with E-state index < -0.39 is 18.0 Å². The van der Waals surface area contributed by atoms with Crippen LogP contribution in [0.3, 0.4) is 0 Å². The number of pyridine rings is 1. The molecule has 0 spiro atoms. The van der Waals surface area contributed by atoms with E-state index in [-0.39, 0.29) is 5.92 Å². The average Bonchev–Trinajstić information content (AvgIpc) is 3.35. The highest BCUT2D eigenvalue weighted by atomic mass is 16.5. The third-order valence-electron chi connectivity index (χ3n) is 6.83. The third-order valence-corrected chi connectivity index (χ3v) is 6.83. The number of hydrogen-bond donors (Lipinski definition) is 2. The molecule has 176 valence electrons. The molecule has 0 amide bonds. The zero-order chi connectivity index (χ0) is 23.2. The number of rotatable bonds is 10. The molecule has 0 unspecified atom stereocenters. The van der Waals surface area contributed by atoms with E-state index in [1.807, 2.05) is 30.3 Å². The first kappa shape index (κ1) is 23.3. The Bertz CT molecular complexity index is 1050. The maximum absolute atomic E-state index is 12.0. The number of aliphatic hydroxyl groups excluding tert-OH is 1. The van der Waals surface area contributed by atoms with Crippen molar-refractivity contribution in [3.8, 4) is 5.75 Å². The molecule has 7 nitrogen and oxygen atoms in total. The van der Waals surface area contributed by atoms with E-state index in [0.29, 0.717) is 19.4 Å². The monoisotopic (exact) mass is 452 g/mol. The molecule has 3 atom stereocenters. The summed E-state index contributed by atoms with van der Waals surface area (Å²) in [4.78, 5) is 18.6. The van der Waals surface area contributed by atoms with Gasteiger partial charge in [0.1, 0.15) is 5.75 Å². The van der Waals surface area contributed by atoms with Crippen LogP contribution in [0, 0.1) is 11.8 Å². The van der Waals surface area contributed by atoms with Crippen molar-refractivity contribution in [2.75, 3.05) is 26.7 Å². The lowest BCUT2D eigenvalue weighted by Gasteiger charge is -2.37.